The molecule has 4 aromatic rings. The van der Waals surface area contributed by atoms with E-state index in [1.54, 1.807) is 11.3 Å². The lowest BCUT2D eigenvalue weighted by molar-refractivity contribution is 0.0114. The summed E-state index contributed by atoms with van der Waals surface area (Å²) in [5.41, 5.74) is 4.85. The lowest BCUT2D eigenvalue weighted by Crippen LogP contribution is -2.49. The van der Waals surface area contributed by atoms with Crippen molar-refractivity contribution >= 4 is 45.6 Å². The number of nitrogens with zero attached hydrogens (tertiary/aromatic N) is 7. The van der Waals surface area contributed by atoms with Gasteiger partial charge in [-0.15, -0.1) is 0 Å². The first kappa shape index (κ1) is 24.8. The van der Waals surface area contributed by atoms with Crippen molar-refractivity contribution in [2.75, 3.05) is 80.8 Å². The molecule has 6 heterocycles. The van der Waals surface area contributed by atoms with E-state index in [-0.39, 0.29) is 0 Å². The van der Waals surface area contributed by atoms with E-state index in [1.807, 2.05) is 6.33 Å². The van der Waals surface area contributed by atoms with Crippen LogP contribution in [0.5, 0.6) is 0 Å². The number of ether oxygens (including phenoxy) is 2. The van der Waals surface area contributed by atoms with Crippen LogP contribution in [0, 0.1) is 0 Å². The summed E-state index contributed by atoms with van der Waals surface area (Å²) in [6.45, 7) is 9.02. The lowest BCUT2D eigenvalue weighted by Gasteiger charge is -2.40. The molecule has 0 aliphatic carbocycles. The Morgan fingerprint density at radius 1 is 0.795 bits per heavy atom. The first-order valence-corrected chi connectivity index (χ1v) is 14.8. The maximum Gasteiger partial charge on any atom is 0.229 e. The molecule has 0 saturated carbocycles. The van der Waals surface area contributed by atoms with Gasteiger partial charge in [0, 0.05) is 62.1 Å². The van der Waals surface area contributed by atoms with Crippen LogP contribution in [-0.4, -0.2) is 96.2 Å². The summed E-state index contributed by atoms with van der Waals surface area (Å²) in [5, 5.41) is 7.76. The van der Waals surface area contributed by atoms with Gasteiger partial charge in [-0.1, -0.05) is 0 Å². The number of thiophene rings is 1. The quantitative estimate of drug-likeness (QED) is 0.389. The van der Waals surface area contributed by atoms with Gasteiger partial charge in [0.25, 0.3) is 0 Å². The molecule has 7 rings (SSSR count). The summed E-state index contributed by atoms with van der Waals surface area (Å²) in [4.78, 5) is 22.1. The van der Waals surface area contributed by atoms with Crippen molar-refractivity contribution in [2.24, 2.45) is 0 Å². The van der Waals surface area contributed by atoms with Gasteiger partial charge in [-0.25, -0.2) is 4.98 Å². The predicted octanol–water partition coefficient (Wildman–Crippen LogP) is 3.76. The van der Waals surface area contributed by atoms with Crippen molar-refractivity contribution in [3.8, 4) is 5.69 Å². The summed E-state index contributed by atoms with van der Waals surface area (Å²) < 4.78 is 13.1. The second-order valence-electron chi connectivity index (χ2n) is 10.3. The van der Waals surface area contributed by atoms with E-state index < -0.39 is 0 Å². The normalized spacial score (nSPS) is 19.6. The largest absolute Gasteiger partial charge is 0.379 e. The molecule has 0 amide bonds. The van der Waals surface area contributed by atoms with Gasteiger partial charge in [0.15, 0.2) is 17.0 Å². The molecule has 3 fully saturated rings. The highest BCUT2D eigenvalue weighted by molar-refractivity contribution is 7.08. The van der Waals surface area contributed by atoms with Gasteiger partial charge < -0.3 is 24.6 Å². The second-order valence-corrected chi connectivity index (χ2v) is 11.1. The van der Waals surface area contributed by atoms with E-state index >= 15 is 0 Å². The number of anilines is 4. The van der Waals surface area contributed by atoms with E-state index in [2.05, 4.69) is 65.7 Å². The highest BCUT2D eigenvalue weighted by Crippen LogP contribution is 2.30. The zero-order valence-electron chi connectivity index (χ0n) is 22.0. The summed E-state index contributed by atoms with van der Waals surface area (Å²) in [5.74, 6) is 1.49. The Hall–Kier alpha value is -3.25. The summed E-state index contributed by atoms with van der Waals surface area (Å²) in [6, 6.07) is 11.2. The van der Waals surface area contributed by atoms with Crippen molar-refractivity contribution in [3.05, 3.63) is 47.4 Å². The Bertz CT molecular complexity index is 1370. The average Bonchev–Trinajstić information content (AvgIpc) is 3.69. The minimum Gasteiger partial charge on any atom is -0.379 e. The number of aromatic nitrogens is 4. The molecule has 0 atom stereocenters. The fourth-order valence-corrected chi connectivity index (χ4v) is 6.42. The number of piperidine rings is 1. The molecule has 3 aliphatic rings. The first-order valence-electron chi connectivity index (χ1n) is 13.9. The van der Waals surface area contributed by atoms with Gasteiger partial charge >= 0.3 is 0 Å². The van der Waals surface area contributed by atoms with Gasteiger partial charge in [0.2, 0.25) is 5.95 Å². The molecular formula is C28H34N8O2S. The number of morpholine rings is 2. The maximum atomic E-state index is 5.56. The summed E-state index contributed by atoms with van der Waals surface area (Å²) in [7, 11) is 0. The Balaban J connectivity index is 1.16. The van der Waals surface area contributed by atoms with Crippen molar-refractivity contribution in [1.29, 1.82) is 0 Å². The number of hydrogen-bond acceptors (Lipinski definition) is 10. The first-order chi connectivity index (χ1) is 19.3. The smallest absolute Gasteiger partial charge is 0.229 e. The molecule has 0 radical (unpaired) electrons. The fraction of sp³-hybridized carbons (Fsp3) is 0.464. The number of fused-ring (bicyclic) bond motifs is 1. The Morgan fingerprint density at radius 3 is 2.26 bits per heavy atom. The SMILES string of the molecule is c1cc(-n2cnc3c(Nc4ccc(N5CCOCC5)cc4)nc(N4CCC(N5CCOCC5)CC4)nc32)cs1. The van der Waals surface area contributed by atoms with Crippen LogP contribution in [0.25, 0.3) is 16.9 Å². The molecule has 3 saturated heterocycles. The summed E-state index contributed by atoms with van der Waals surface area (Å²) in [6.07, 6.45) is 4.07. The summed E-state index contributed by atoms with van der Waals surface area (Å²) >= 11 is 1.67. The van der Waals surface area contributed by atoms with E-state index in [0.717, 1.165) is 113 Å². The maximum absolute atomic E-state index is 5.56. The zero-order chi connectivity index (χ0) is 26.0. The highest BCUT2D eigenvalue weighted by Gasteiger charge is 2.28. The number of hydrogen-bond donors (Lipinski definition) is 1. The van der Waals surface area contributed by atoms with Crippen LogP contribution in [0.3, 0.4) is 0 Å². The molecule has 1 aromatic carbocycles. The molecule has 0 unspecified atom stereocenters. The number of benzene rings is 1. The molecule has 204 valence electrons. The molecule has 3 aromatic heterocycles. The predicted molar refractivity (Wildman–Crippen MR) is 155 cm³/mol. The van der Waals surface area contributed by atoms with Crippen LogP contribution in [0.4, 0.5) is 23.1 Å². The minimum atomic E-state index is 0.604. The van der Waals surface area contributed by atoms with Gasteiger partial charge in [-0.05, 0) is 48.6 Å². The lowest BCUT2D eigenvalue weighted by atomic mass is 10.0. The Morgan fingerprint density at radius 2 is 1.54 bits per heavy atom. The number of nitrogens with one attached hydrogen (secondary N) is 1. The third-order valence-corrected chi connectivity index (χ3v) is 8.66. The van der Waals surface area contributed by atoms with Crippen molar-refractivity contribution in [3.63, 3.8) is 0 Å². The third-order valence-electron chi connectivity index (χ3n) is 7.98. The molecule has 1 N–H and O–H groups in total. The molecule has 3 aliphatic heterocycles. The van der Waals surface area contributed by atoms with E-state index in [4.69, 9.17) is 24.4 Å². The molecular weight excluding hydrogens is 512 g/mol. The highest BCUT2D eigenvalue weighted by atomic mass is 32.1. The molecule has 0 spiro atoms. The van der Waals surface area contributed by atoms with Crippen LogP contribution in [0.15, 0.2) is 47.4 Å². The van der Waals surface area contributed by atoms with E-state index in [9.17, 15) is 0 Å². The van der Waals surface area contributed by atoms with Crippen LogP contribution in [0.1, 0.15) is 12.8 Å². The van der Waals surface area contributed by atoms with Crippen LogP contribution in [-0.2, 0) is 9.47 Å². The van der Waals surface area contributed by atoms with Crippen molar-refractivity contribution < 1.29 is 9.47 Å². The monoisotopic (exact) mass is 546 g/mol. The molecule has 39 heavy (non-hydrogen) atoms. The van der Waals surface area contributed by atoms with Crippen molar-refractivity contribution in [2.45, 2.75) is 18.9 Å². The molecule has 0 bridgehead atoms. The molecule has 11 heteroatoms. The van der Waals surface area contributed by atoms with Gasteiger partial charge in [-0.2, -0.15) is 21.3 Å². The third kappa shape index (κ3) is 5.19. The van der Waals surface area contributed by atoms with E-state index in [0.29, 0.717) is 6.04 Å². The number of rotatable bonds is 6. The van der Waals surface area contributed by atoms with E-state index in [1.165, 1.54) is 5.69 Å². The Kier molecular flexibility index (Phi) is 7.04. The second kappa shape index (κ2) is 11.1. The van der Waals surface area contributed by atoms with Gasteiger partial charge in [0.05, 0.1) is 32.1 Å². The van der Waals surface area contributed by atoms with Gasteiger partial charge in [0.1, 0.15) is 6.33 Å². The van der Waals surface area contributed by atoms with Crippen molar-refractivity contribution in [1.82, 2.24) is 24.4 Å². The number of imidazole rings is 1. The topological polar surface area (TPSA) is 83.8 Å². The van der Waals surface area contributed by atoms with Crippen LogP contribution >= 0.6 is 11.3 Å². The minimum absolute atomic E-state index is 0.604. The van der Waals surface area contributed by atoms with Gasteiger partial charge in [-0.3, -0.25) is 9.47 Å². The average molecular weight is 547 g/mol. The fourth-order valence-electron chi connectivity index (χ4n) is 5.79. The Labute approximate surface area is 232 Å². The zero-order valence-corrected chi connectivity index (χ0v) is 22.9. The van der Waals surface area contributed by atoms with Crippen LogP contribution in [0.2, 0.25) is 0 Å². The van der Waals surface area contributed by atoms with Crippen LogP contribution < -0.4 is 15.1 Å². The standard InChI is InChI=1S/C28H34N8O2S/c1-3-22(33-10-14-37-15-11-33)4-2-21(1)30-26-25-27(36(20-29-25)24-7-18-39-19-24)32-28(31-26)35-8-5-23(6-9-35)34-12-16-38-17-13-34/h1-4,7,18-20,23H,5-6,8-17H2,(H,30,31,32). The molecule has 10 nitrogen and oxygen atoms in total.